The van der Waals surface area contributed by atoms with Crippen LogP contribution in [0, 0.1) is 12.7 Å². The quantitative estimate of drug-likeness (QED) is 0.660. The Hall–Kier alpha value is -1.71. The van der Waals surface area contributed by atoms with Crippen LogP contribution in [0.2, 0.25) is 0 Å². The molecule has 0 unspecified atom stereocenters. The largest absolute Gasteiger partial charge is 0.346 e. The molecule has 96 valence electrons. The number of nitrogens with one attached hydrogen (secondary N) is 1. The summed E-state index contributed by atoms with van der Waals surface area (Å²) in [5.41, 5.74) is 0.610. The van der Waals surface area contributed by atoms with Gasteiger partial charge in [-0.2, -0.15) is 0 Å². The number of hydrogen-bond donors (Lipinski definition) is 1. The number of rotatable bonds is 3. The molecule has 0 aromatic heterocycles. The van der Waals surface area contributed by atoms with Gasteiger partial charge in [-0.15, -0.1) is 0 Å². The highest BCUT2D eigenvalue weighted by Crippen LogP contribution is 2.18. The van der Waals surface area contributed by atoms with Crippen molar-refractivity contribution in [1.29, 1.82) is 0 Å². The van der Waals surface area contributed by atoms with E-state index in [9.17, 15) is 14.0 Å². The molecule has 0 saturated heterocycles. The fraction of sp³-hybridized carbons (Fsp3) is 0.429. The highest BCUT2D eigenvalue weighted by Gasteiger charge is 2.22. The lowest BCUT2D eigenvalue weighted by Crippen LogP contribution is -2.37. The lowest BCUT2D eigenvalue weighted by molar-refractivity contribution is -0.117. The lowest BCUT2D eigenvalue weighted by Gasteiger charge is -2.11. The van der Waals surface area contributed by atoms with Crippen molar-refractivity contribution in [2.45, 2.75) is 38.6 Å². The molecule has 3 nitrogen and oxygen atoms in total. The minimum atomic E-state index is -0.593. The average molecular weight is 249 g/mol. The minimum absolute atomic E-state index is 0.114. The smallest absolute Gasteiger partial charge is 0.292 e. The molecule has 4 heteroatoms. The first-order valence-electron chi connectivity index (χ1n) is 6.19. The molecule has 18 heavy (non-hydrogen) atoms. The molecule has 2 rings (SSSR count). The molecule has 0 bridgehead atoms. The number of carbonyl (C=O) groups excluding carboxylic acids is 2. The van der Waals surface area contributed by atoms with Crippen LogP contribution in [-0.2, 0) is 4.79 Å². The number of aryl methyl sites for hydroxylation is 1. The molecule has 1 aliphatic rings. The van der Waals surface area contributed by atoms with E-state index in [0.717, 1.165) is 25.7 Å². The molecule has 0 aliphatic heterocycles. The van der Waals surface area contributed by atoms with Crippen LogP contribution in [0.25, 0.3) is 0 Å². The lowest BCUT2D eigenvalue weighted by atomic mass is 10.1. The summed E-state index contributed by atoms with van der Waals surface area (Å²) in [6.07, 6.45) is 4.05. The highest BCUT2D eigenvalue weighted by atomic mass is 19.1. The summed E-state index contributed by atoms with van der Waals surface area (Å²) in [4.78, 5) is 23.6. The van der Waals surface area contributed by atoms with Gasteiger partial charge in [0.1, 0.15) is 5.82 Å². The van der Waals surface area contributed by atoms with Gasteiger partial charge in [0.25, 0.3) is 5.91 Å². The standard InChI is InChI=1S/C14H16FNO2/c1-9-8-10(6-7-12(9)15)13(17)14(18)16-11-4-2-3-5-11/h6-8,11H,2-5H2,1H3,(H,16,18). The van der Waals surface area contributed by atoms with E-state index in [1.807, 2.05) is 0 Å². The Morgan fingerprint density at radius 1 is 1.28 bits per heavy atom. The van der Waals surface area contributed by atoms with Gasteiger partial charge in [-0.25, -0.2) is 4.39 Å². The van der Waals surface area contributed by atoms with Gasteiger partial charge in [0.05, 0.1) is 0 Å². The fourth-order valence-electron chi connectivity index (χ4n) is 2.24. The van der Waals surface area contributed by atoms with Gasteiger partial charge in [0.15, 0.2) is 0 Å². The summed E-state index contributed by atoms with van der Waals surface area (Å²) >= 11 is 0. The van der Waals surface area contributed by atoms with Crippen molar-refractivity contribution < 1.29 is 14.0 Å². The topological polar surface area (TPSA) is 46.2 Å². The molecule has 1 fully saturated rings. The van der Waals surface area contributed by atoms with E-state index in [1.54, 1.807) is 6.92 Å². The predicted molar refractivity (Wildman–Crippen MR) is 65.9 cm³/mol. The third kappa shape index (κ3) is 2.75. The Labute approximate surface area is 105 Å². The highest BCUT2D eigenvalue weighted by molar-refractivity contribution is 6.42. The second-order valence-electron chi connectivity index (χ2n) is 4.75. The molecule has 0 radical (unpaired) electrons. The molecule has 0 atom stereocenters. The molecule has 1 aromatic rings. The van der Waals surface area contributed by atoms with Crippen LogP contribution in [0.4, 0.5) is 4.39 Å². The van der Waals surface area contributed by atoms with Gasteiger partial charge < -0.3 is 5.32 Å². The second-order valence-corrected chi connectivity index (χ2v) is 4.75. The maximum atomic E-state index is 13.1. The zero-order valence-electron chi connectivity index (χ0n) is 10.3. The Kier molecular flexibility index (Phi) is 3.75. The third-order valence-corrected chi connectivity index (χ3v) is 3.32. The Morgan fingerprint density at radius 2 is 1.94 bits per heavy atom. The minimum Gasteiger partial charge on any atom is -0.346 e. The number of halogens is 1. The molecular formula is C14H16FNO2. The van der Waals surface area contributed by atoms with Crippen LogP contribution in [0.5, 0.6) is 0 Å². The maximum absolute atomic E-state index is 13.1. The first kappa shape index (κ1) is 12.7. The van der Waals surface area contributed by atoms with E-state index in [2.05, 4.69) is 5.32 Å². The van der Waals surface area contributed by atoms with Crippen LogP contribution in [-0.4, -0.2) is 17.7 Å². The van der Waals surface area contributed by atoms with Crippen molar-refractivity contribution in [2.24, 2.45) is 0 Å². The maximum Gasteiger partial charge on any atom is 0.292 e. The molecule has 1 aromatic carbocycles. The molecule has 0 heterocycles. The van der Waals surface area contributed by atoms with Crippen LogP contribution in [0.3, 0.4) is 0 Å². The summed E-state index contributed by atoms with van der Waals surface area (Å²) in [5.74, 6) is -1.55. The first-order valence-corrected chi connectivity index (χ1v) is 6.19. The molecule has 1 saturated carbocycles. The van der Waals surface area contributed by atoms with E-state index in [4.69, 9.17) is 0 Å². The van der Waals surface area contributed by atoms with Gasteiger partial charge in [-0.1, -0.05) is 12.8 Å². The normalized spacial score (nSPS) is 15.7. The van der Waals surface area contributed by atoms with Gasteiger partial charge >= 0.3 is 0 Å². The number of hydrogen-bond acceptors (Lipinski definition) is 2. The van der Waals surface area contributed by atoms with Crippen molar-refractivity contribution in [3.05, 3.63) is 35.1 Å². The zero-order chi connectivity index (χ0) is 13.1. The number of amides is 1. The monoisotopic (exact) mass is 249 g/mol. The van der Waals surface area contributed by atoms with Crippen molar-refractivity contribution in [3.8, 4) is 0 Å². The van der Waals surface area contributed by atoms with E-state index in [0.29, 0.717) is 5.56 Å². The molecule has 1 aliphatic carbocycles. The fourth-order valence-corrected chi connectivity index (χ4v) is 2.24. The van der Waals surface area contributed by atoms with Crippen LogP contribution in [0.1, 0.15) is 41.6 Å². The van der Waals surface area contributed by atoms with Crippen LogP contribution >= 0.6 is 0 Å². The van der Waals surface area contributed by atoms with Crippen molar-refractivity contribution in [2.75, 3.05) is 0 Å². The average Bonchev–Trinajstić information content (AvgIpc) is 2.84. The Morgan fingerprint density at radius 3 is 2.56 bits per heavy atom. The van der Waals surface area contributed by atoms with Gasteiger partial charge in [-0.05, 0) is 43.5 Å². The zero-order valence-corrected chi connectivity index (χ0v) is 10.3. The van der Waals surface area contributed by atoms with E-state index < -0.39 is 11.7 Å². The SMILES string of the molecule is Cc1cc(C(=O)C(=O)NC2CCCC2)ccc1F. The van der Waals surface area contributed by atoms with Crippen molar-refractivity contribution in [3.63, 3.8) is 0 Å². The first-order chi connectivity index (χ1) is 8.58. The molecule has 0 spiro atoms. The van der Waals surface area contributed by atoms with Crippen LogP contribution < -0.4 is 5.32 Å². The van der Waals surface area contributed by atoms with Crippen molar-refractivity contribution in [1.82, 2.24) is 5.32 Å². The summed E-state index contributed by atoms with van der Waals surface area (Å²) in [6.45, 7) is 1.57. The predicted octanol–water partition coefficient (Wildman–Crippen LogP) is 2.38. The van der Waals surface area contributed by atoms with Crippen LogP contribution in [0.15, 0.2) is 18.2 Å². The van der Waals surface area contributed by atoms with E-state index in [-0.39, 0.29) is 17.4 Å². The number of Topliss-reactive ketones (excluding diaryl/α,β-unsaturated/α-hetero) is 1. The number of carbonyl (C=O) groups is 2. The molecular weight excluding hydrogens is 233 g/mol. The third-order valence-electron chi connectivity index (χ3n) is 3.32. The van der Waals surface area contributed by atoms with Gasteiger partial charge in [0.2, 0.25) is 5.78 Å². The van der Waals surface area contributed by atoms with E-state index >= 15 is 0 Å². The Bertz CT molecular complexity index is 479. The number of ketones is 1. The molecule has 1 N–H and O–H groups in total. The van der Waals surface area contributed by atoms with Gasteiger partial charge in [-0.3, -0.25) is 9.59 Å². The molecule has 1 amide bonds. The second kappa shape index (κ2) is 5.29. The summed E-state index contributed by atoms with van der Waals surface area (Å²) in [7, 11) is 0. The Balaban J connectivity index is 2.05. The van der Waals surface area contributed by atoms with Gasteiger partial charge in [0, 0.05) is 11.6 Å². The summed E-state index contributed by atoms with van der Waals surface area (Å²) < 4.78 is 13.1. The summed E-state index contributed by atoms with van der Waals surface area (Å²) in [5, 5.41) is 2.73. The van der Waals surface area contributed by atoms with E-state index in [1.165, 1.54) is 18.2 Å². The number of benzene rings is 1. The van der Waals surface area contributed by atoms with Crippen molar-refractivity contribution >= 4 is 11.7 Å². The summed E-state index contributed by atoms with van der Waals surface area (Å²) in [6, 6.07) is 4.08.